The van der Waals surface area contributed by atoms with Crippen LogP contribution in [-0.4, -0.2) is 52.8 Å². The maximum atomic E-state index is 15.4. The van der Waals surface area contributed by atoms with E-state index in [9.17, 15) is 32.7 Å². The van der Waals surface area contributed by atoms with Crippen LogP contribution in [0.1, 0.15) is 41.0 Å². The lowest BCUT2D eigenvalue weighted by molar-refractivity contribution is -0.139. The number of fused-ring (bicyclic) bond motifs is 4. The quantitative estimate of drug-likeness (QED) is 0.0889. The van der Waals surface area contributed by atoms with Crippen LogP contribution in [-0.2, 0) is 30.8 Å². The third-order valence-corrected chi connectivity index (χ3v) is 13.4. The van der Waals surface area contributed by atoms with Crippen LogP contribution in [0.15, 0.2) is 125 Å². The van der Waals surface area contributed by atoms with Gasteiger partial charge in [-0.25, -0.2) is 4.98 Å². The van der Waals surface area contributed by atoms with Crippen molar-refractivity contribution in [3.8, 4) is 5.75 Å². The summed E-state index contributed by atoms with van der Waals surface area (Å²) in [5.41, 5.74) is 4.35. The van der Waals surface area contributed by atoms with Gasteiger partial charge in [0.25, 0.3) is 11.8 Å². The van der Waals surface area contributed by atoms with Crippen molar-refractivity contribution in [1.29, 1.82) is 0 Å². The summed E-state index contributed by atoms with van der Waals surface area (Å²) in [4.78, 5) is 66.5. The Morgan fingerprint density at radius 1 is 0.844 bits per heavy atom. The Hall–Kier alpha value is -6.58. The predicted molar refractivity (Wildman–Crippen MR) is 234 cm³/mol. The van der Waals surface area contributed by atoms with Crippen LogP contribution < -0.4 is 15.2 Å². The van der Waals surface area contributed by atoms with E-state index < -0.39 is 75.4 Å². The van der Waals surface area contributed by atoms with E-state index in [-0.39, 0.29) is 24.4 Å². The van der Waals surface area contributed by atoms with Gasteiger partial charge in [0, 0.05) is 36.9 Å². The minimum absolute atomic E-state index is 0.00982. The van der Waals surface area contributed by atoms with E-state index in [0.717, 1.165) is 10.7 Å². The third kappa shape index (κ3) is 6.97. The van der Waals surface area contributed by atoms with Gasteiger partial charge in [0.05, 0.1) is 50.8 Å². The molecule has 0 radical (unpaired) electrons. The molecule has 2 N–H and O–H groups in total. The molecule has 4 amide bonds. The number of phenolic OH excluding ortho intramolecular Hbond substituents is 1. The smallest absolute Gasteiger partial charge is 0.417 e. The number of azo groups is 1. The number of aromatic nitrogens is 1. The molecule has 4 aromatic carbocycles. The molecule has 6 atom stereocenters. The first-order valence-electron chi connectivity index (χ1n) is 20.3. The van der Waals surface area contributed by atoms with Crippen LogP contribution in [0.3, 0.4) is 0 Å². The second kappa shape index (κ2) is 15.9. The molecule has 0 bridgehead atoms. The summed E-state index contributed by atoms with van der Waals surface area (Å²) in [6, 6.07) is 26.1. The summed E-state index contributed by atoms with van der Waals surface area (Å²) in [5.74, 6) is -7.31. The van der Waals surface area contributed by atoms with Crippen LogP contribution in [0.2, 0.25) is 10.0 Å². The normalized spacial score (nSPS) is 24.2. The van der Waals surface area contributed by atoms with E-state index in [2.05, 4.69) is 20.6 Å². The highest BCUT2D eigenvalue weighted by atomic mass is 35.5. The Bertz CT molecular complexity index is 2800. The number of nitrogens with zero attached hydrogens (tertiary/aromatic N) is 6. The molecule has 2 saturated heterocycles. The number of pyridine rings is 1. The molecule has 17 heteroatoms. The van der Waals surface area contributed by atoms with Crippen molar-refractivity contribution in [1.82, 2.24) is 9.99 Å². The summed E-state index contributed by atoms with van der Waals surface area (Å²) in [5, 5.41) is 19.9. The molecule has 1 saturated carbocycles. The molecule has 326 valence electrons. The van der Waals surface area contributed by atoms with Gasteiger partial charge in [0.15, 0.2) is 5.82 Å². The zero-order valence-electron chi connectivity index (χ0n) is 34.3. The number of alkyl halides is 3. The molecular weight excluding hydrogens is 870 g/mol. The van der Waals surface area contributed by atoms with E-state index >= 15 is 4.79 Å². The fourth-order valence-corrected chi connectivity index (χ4v) is 10.2. The van der Waals surface area contributed by atoms with Gasteiger partial charge in [-0.15, -0.1) is 0 Å². The van der Waals surface area contributed by atoms with Crippen LogP contribution in [0, 0.1) is 30.6 Å². The lowest BCUT2D eigenvalue weighted by Gasteiger charge is -2.50. The molecule has 0 unspecified atom stereocenters. The number of benzene rings is 4. The highest BCUT2D eigenvalue weighted by Gasteiger charge is 2.70. The highest BCUT2D eigenvalue weighted by Crippen LogP contribution is 2.64. The first kappa shape index (κ1) is 42.7. The first-order chi connectivity index (χ1) is 30.5. The van der Waals surface area contributed by atoms with Gasteiger partial charge in [0.2, 0.25) is 11.8 Å². The summed E-state index contributed by atoms with van der Waals surface area (Å²) in [6.45, 7) is 1.69. The number of aryl methyl sites for hydroxylation is 1. The van der Waals surface area contributed by atoms with Gasteiger partial charge >= 0.3 is 6.18 Å². The molecule has 0 spiro atoms. The number of amides is 4. The number of halogens is 5. The van der Waals surface area contributed by atoms with Crippen molar-refractivity contribution in [2.45, 2.75) is 37.3 Å². The van der Waals surface area contributed by atoms with Gasteiger partial charge in [-0.1, -0.05) is 59.1 Å². The fraction of sp³-hybridized carbons (Fsp3) is 0.255. The monoisotopic (exact) mass is 907 g/mol. The van der Waals surface area contributed by atoms with Gasteiger partial charge in [-0.3, -0.25) is 29.5 Å². The van der Waals surface area contributed by atoms with Gasteiger partial charge in [-0.2, -0.15) is 28.4 Å². The Morgan fingerprint density at radius 3 is 2.11 bits per heavy atom. The molecule has 3 heterocycles. The number of carbonyl (C=O) groups is 4. The predicted octanol–water partition coefficient (Wildman–Crippen LogP) is 10.1. The second-order valence-electron chi connectivity index (χ2n) is 16.6. The second-order valence-corrected chi connectivity index (χ2v) is 17.4. The summed E-state index contributed by atoms with van der Waals surface area (Å²) in [7, 11) is 3.87. The van der Waals surface area contributed by atoms with Crippen molar-refractivity contribution in [3.05, 3.63) is 147 Å². The number of aromatic hydroxyl groups is 1. The molecule has 2 aliphatic carbocycles. The third-order valence-electron chi connectivity index (χ3n) is 12.9. The molecule has 3 fully saturated rings. The van der Waals surface area contributed by atoms with Crippen molar-refractivity contribution in [2.24, 2.45) is 33.9 Å². The number of imide groups is 2. The van der Waals surface area contributed by atoms with E-state index in [0.29, 0.717) is 56.6 Å². The Kier molecular flexibility index (Phi) is 10.6. The molecular formula is C47H38Cl2F3N7O5. The topological polar surface area (TPSA) is 148 Å². The number of nitrogens with one attached hydrogen (secondary N) is 1. The summed E-state index contributed by atoms with van der Waals surface area (Å²) < 4.78 is 40.7. The molecule has 4 aliphatic rings. The number of hydrazine groups is 1. The maximum absolute atomic E-state index is 15.4. The lowest BCUT2D eigenvalue weighted by atomic mass is 9.49. The van der Waals surface area contributed by atoms with Gasteiger partial charge in [0.1, 0.15) is 5.75 Å². The van der Waals surface area contributed by atoms with Gasteiger partial charge in [-0.05, 0) is 115 Å². The number of hydrogen-bond acceptors (Lipinski definition) is 10. The molecule has 12 nitrogen and oxygen atoms in total. The lowest BCUT2D eigenvalue weighted by Crippen LogP contribution is -2.53. The van der Waals surface area contributed by atoms with Crippen LogP contribution in [0.4, 0.5) is 41.7 Å². The van der Waals surface area contributed by atoms with Crippen molar-refractivity contribution in [2.75, 3.05) is 29.3 Å². The van der Waals surface area contributed by atoms with E-state index in [1.165, 1.54) is 11.0 Å². The molecule has 2 aliphatic heterocycles. The number of anilines is 3. The van der Waals surface area contributed by atoms with Crippen molar-refractivity contribution in [3.63, 3.8) is 0 Å². The number of phenols is 1. The summed E-state index contributed by atoms with van der Waals surface area (Å²) in [6.07, 6.45) is -2.23. The van der Waals surface area contributed by atoms with Crippen LogP contribution in [0.25, 0.3) is 0 Å². The fourth-order valence-electron chi connectivity index (χ4n) is 9.87. The molecule has 9 rings (SSSR count). The Morgan fingerprint density at radius 2 is 1.50 bits per heavy atom. The zero-order valence-corrected chi connectivity index (χ0v) is 35.9. The first-order valence-corrected chi connectivity index (χ1v) is 21.0. The minimum atomic E-state index is -4.76. The molecule has 64 heavy (non-hydrogen) atoms. The minimum Gasteiger partial charge on any atom is -0.508 e. The van der Waals surface area contributed by atoms with Crippen molar-refractivity contribution >= 4 is 75.4 Å². The summed E-state index contributed by atoms with van der Waals surface area (Å²) >= 11 is 12.7. The van der Waals surface area contributed by atoms with E-state index in [4.69, 9.17) is 23.2 Å². The number of rotatable bonds is 8. The van der Waals surface area contributed by atoms with Crippen molar-refractivity contribution < 1.29 is 37.5 Å². The molecule has 1 aromatic heterocycles. The number of carbonyl (C=O) groups excluding carboxylic acids is 4. The van der Waals surface area contributed by atoms with E-state index in [1.54, 1.807) is 67.6 Å². The highest BCUT2D eigenvalue weighted by molar-refractivity contribution is 6.33. The number of allylic oxidation sites excluding steroid dienone is 2. The maximum Gasteiger partial charge on any atom is 0.417 e. The van der Waals surface area contributed by atoms with Crippen LogP contribution in [0.5, 0.6) is 5.75 Å². The van der Waals surface area contributed by atoms with Crippen LogP contribution >= 0.6 is 23.2 Å². The van der Waals surface area contributed by atoms with E-state index in [1.807, 2.05) is 49.3 Å². The SMILES string of the molecule is Cc1cc([C@H]2C3=CC[C@@H]4C(=O)N(c5ccc(N=Nc6ccc(N(C)C)cc6)cc5)C(=O)[C@@H]4[C@@H]3C[C@H]3C(=O)N(Nc4ncc(C(F)(F)F)cc4Cl)C(=O)[C@@]23c2ccc(Cl)cc2)ccc1O. The number of hydrogen-bond donors (Lipinski definition) is 2. The Balaban J connectivity index is 1.11. The van der Waals surface area contributed by atoms with Gasteiger partial charge < -0.3 is 10.0 Å². The standard InChI is InChI=1S/C47H38Cl2F3N7O5/c1-24-20-25(4-19-38(24)60)40-33-17-18-34-39(44(63)58(42(34)61)32-15-11-30(12-16-32)55-54-29-9-13-31(14-10-29)57(2)3)35(33)22-36-43(62)59(45(64)46(36,40)26-5-7-28(48)8-6-26)56-41-37(49)21-27(23-53-41)47(50,51)52/h4-17,19-21,23,34-36,39-40,60H,18,22H2,1-3H3,(H,53,56)/t34-,35+,36-,39-,40-,46+/m0/s1. The zero-order chi connectivity index (χ0) is 45.4. The molecule has 5 aromatic rings. The average Bonchev–Trinajstić information content (AvgIpc) is 3.65. The average molecular weight is 909 g/mol. The largest absolute Gasteiger partial charge is 0.508 e. The Labute approximate surface area is 375 Å².